The first-order chi connectivity index (χ1) is 35.0. The van der Waals surface area contributed by atoms with Crippen LogP contribution in [0.1, 0.15) is 380 Å². The van der Waals surface area contributed by atoms with E-state index in [-0.39, 0.29) is 31.1 Å². The van der Waals surface area contributed by atoms with E-state index in [1.807, 2.05) is 0 Å². The number of hydrogen-bond donors (Lipinski definition) is 0. The Morgan fingerprint density at radius 2 is 0.380 bits per heavy atom. The van der Waals surface area contributed by atoms with Crippen molar-refractivity contribution >= 4 is 17.9 Å². The van der Waals surface area contributed by atoms with E-state index in [4.69, 9.17) is 14.2 Å². The van der Waals surface area contributed by atoms with Crippen LogP contribution in [0.15, 0.2) is 0 Å². The van der Waals surface area contributed by atoms with E-state index >= 15 is 0 Å². The molecule has 0 aromatic rings. The largest absolute Gasteiger partial charge is 0.462 e. The van der Waals surface area contributed by atoms with Crippen molar-refractivity contribution in [2.75, 3.05) is 13.2 Å². The summed E-state index contributed by atoms with van der Waals surface area (Å²) in [7, 11) is 0. The summed E-state index contributed by atoms with van der Waals surface area (Å²) in [6, 6.07) is 0. The maximum atomic E-state index is 12.8. The number of rotatable bonds is 61. The van der Waals surface area contributed by atoms with Crippen LogP contribution in [0, 0.1) is 0 Å². The molecule has 0 aliphatic heterocycles. The minimum Gasteiger partial charge on any atom is -0.462 e. The number of esters is 3. The second-order valence-corrected chi connectivity index (χ2v) is 22.4. The molecular formula is C65H126O6. The Balaban J connectivity index is 3.85. The van der Waals surface area contributed by atoms with E-state index in [9.17, 15) is 14.4 Å². The minimum absolute atomic E-state index is 0.0622. The summed E-state index contributed by atoms with van der Waals surface area (Å²) in [5.74, 6) is -0.845. The molecule has 0 bridgehead atoms. The highest BCUT2D eigenvalue weighted by molar-refractivity contribution is 5.71. The Kier molecular flexibility index (Phi) is 59.6. The molecule has 6 nitrogen and oxygen atoms in total. The van der Waals surface area contributed by atoms with Gasteiger partial charge in [0.15, 0.2) is 6.10 Å². The van der Waals surface area contributed by atoms with Crippen molar-refractivity contribution in [3.63, 3.8) is 0 Å². The predicted molar refractivity (Wildman–Crippen MR) is 307 cm³/mol. The van der Waals surface area contributed by atoms with Crippen molar-refractivity contribution < 1.29 is 28.6 Å². The summed E-state index contributed by atoms with van der Waals surface area (Å²) in [5.41, 5.74) is 0. The molecule has 1 atom stereocenters. The Labute approximate surface area is 444 Å². The number of unbranched alkanes of at least 4 members (excludes halogenated alkanes) is 50. The molecule has 0 radical (unpaired) electrons. The molecule has 6 heteroatoms. The van der Waals surface area contributed by atoms with Gasteiger partial charge in [-0.15, -0.1) is 0 Å². The van der Waals surface area contributed by atoms with Crippen molar-refractivity contribution in [3.05, 3.63) is 0 Å². The second kappa shape index (κ2) is 61.0. The molecule has 1 unspecified atom stereocenters. The fourth-order valence-corrected chi connectivity index (χ4v) is 10.2. The molecule has 0 aromatic heterocycles. The normalized spacial score (nSPS) is 11.9. The van der Waals surface area contributed by atoms with E-state index in [0.29, 0.717) is 19.3 Å². The lowest BCUT2D eigenvalue weighted by Crippen LogP contribution is -2.30. The summed E-state index contributed by atoms with van der Waals surface area (Å²) < 4.78 is 16.8. The number of ether oxygens (including phenoxy) is 3. The predicted octanol–water partition coefficient (Wildman–Crippen LogP) is 21.9. The van der Waals surface area contributed by atoms with Gasteiger partial charge in [0, 0.05) is 19.3 Å². The summed E-state index contributed by atoms with van der Waals surface area (Å²) in [6.45, 7) is 6.65. The van der Waals surface area contributed by atoms with Crippen LogP contribution in [0.2, 0.25) is 0 Å². The van der Waals surface area contributed by atoms with Gasteiger partial charge >= 0.3 is 17.9 Å². The molecule has 0 amide bonds. The lowest BCUT2D eigenvalue weighted by Gasteiger charge is -2.18. The van der Waals surface area contributed by atoms with Gasteiger partial charge in [0.2, 0.25) is 0 Å². The van der Waals surface area contributed by atoms with Gasteiger partial charge in [-0.3, -0.25) is 14.4 Å². The van der Waals surface area contributed by atoms with E-state index in [0.717, 1.165) is 57.8 Å². The van der Waals surface area contributed by atoms with Gasteiger partial charge in [-0.2, -0.15) is 0 Å². The third-order valence-electron chi connectivity index (χ3n) is 15.1. The first-order valence-corrected chi connectivity index (χ1v) is 32.5. The molecule has 0 rings (SSSR count). The zero-order chi connectivity index (χ0) is 51.4. The standard InChI is InChI=1S/C65H126O6/c1-4-7-10-13-16-18-20-22-24-25-26-27-28-29-30-31-32-33-34-35-36-37-38-39-40-41-42-44-45-47-49-52-55-58-64(67)70-61-62(60-69-63(66)57-54-51-15-12-9-6-3)71-65(68)59-56-53-50-48-46-43-23-21-19-17-14-11-8-5-2/h62H,4-61H2,1-3H3. The average molecular weight is 1000 g/mol. The summed E-state index contributed by atoms with van der Waals surface area (Å²) in [6.07, 6.45) is 70.4. The Bertz CT molecular complexity index is 1060. The van der Waals surface area contributed by atoms with Gasteiger partial charge in [0.05, 0.1) is 0 Å². The molecule has 0 N–H and O–H groups in total. The summed E-state index contributed by atoms with van der Waals surface area (Å²) in [5, 5.41) is 0. The SMILES string of the molecule is CCCCCCCCCCCCCCCCCCCCCCCCCCCCCCCCCCCC(=O)OCC(COC(=O)CCCCCCCC)OC(=O)CCCCCCCCCCCCCCCC. The zero-order valence-corrected chi connectivity index (χ0v) is 48.5. The maximum Gasteiger partial charge on any atom is 0.306 e. The first kappa shape index (κ1) is 69.4. The van der Waals surface area contributed by atoms with Crippen LogP contribution in [0.3, 0.4) is 0 Å². The van der Waals surface area contributed by atoms with Crippen LogP contribution in [-0.2, 0) is 28.6 Å². The minimum atomic E-state index is -0.760. The molecule has 0 saturated carbocycles. The van der Waals surface area contributed by atoms with Gasteiger partial charge in [-0.1, -0.05) is 342 Å². The number of carbonyl (C=O) groups excluding carboxylic acids is 3. The Morgan fingerprint density at radius 1 is 0.225 bits per heavy atom. The third-order valence-corrected chi connectivity index (χ3v) is 15.1. The first-order valence-electron chi connectivity index (χ1n) is 32.5. The third kappa shape index (κ3) is 59.2. The van der Waals surface area contributed by atoms with Crippen LogP contribution in [-0.4, -0.2) is 37.2 Å². The van der Waals surface area contributed by atoms with E-state index in [1.165, 1.54) is 283 Å². The highest BCUT2D eigenvalue weighted by atomic mass is 16.6. The van der Waals surface area contributed by atoms with E-state index in [1.54, 1.807) is 0 Å². The maximum absolute atomic E-state index is 12.8. The highest BCUT2D eigenvalue weighted by Gasteiger charge is 2.19. The van der Waals surface area contributed by atoms with E-state index < -0.39 is 6.10 Å². The van der Waals surface area contributed by atoms with Crippen LogP contribution in [0.25, 0.3) is 0 Å². The smallest absolute Gasteiger partial charge is 0.306 e. The summed E-state index contributed by atoms with van der Waals surface area (Å²) >= 11 is 0. The van der Waals surface area contributed by atoms with Crippen molar-refractivity contribution in [1.82, 2.24) is 0 Å². The molecule has 0 fully saturated rings. The monoisotopic (exact) mass is 1000 g/mol. The van der Waals surface area contributed by atoms with Crippen molar-refractivity contribution in [3.8, 4) is 0 Å². The zero-order valence-electron chi connectivity index (χ0n) is 48.5. The molecule has 0 aliphatic carbocycles. The topological polar surface area (TPSA) is 78.9 Å². The Hall–Kier alpha value is -1.59. The van der Waals surface area contributed by atoms with Gasteiger partial charge < -0.3 is 14.2 Å². The molecule has 0 aromatic carbocycles. The second-order valence-electron chi connectivity index (χ2n) is 22.4. The quantitative estimate of drug-likeness (QED) is 0.0343. The van der Waals surface area contributed by atoms with Crippen LogP contribution < -0.4 is 0 Å². The summed E-state index contributed by atoms with van der Waals surface area (Å²) in [4.78, 5) is 37.9. The van der Waals surface area contributed by atoms with Gasteiger partial charge in [-0.25, -0.2) is 0 Å². The molecular weight excluding hydrogens is 877 g/mol. The highest BCUT2D eigenvalue weighted by Crippen LogP contribution is 2.19. The molecule has 0 spiro atoms. The van der Waals surface area contributed by atoms with Crippen LogP contribution in [0.4, 0.5) is 0 Å². The fraction of sp³-hybridized carbons (Fsp3) is 0.954. The molecule has 0 aliphatic rings. The Morgan fingerprint density at radius 3 is 0.563 bits per heavy atom. The lowest BCUT2D eigenvalue weighted by molar-refractivity contribution is -0.167. The van der Waals surface area contributed by atoms with Crippen molar-refractivity contribution in [2.24, 2.45) is 0 Å². The molecule has 422 valence electrons. The fourth-order valence-electron chi connectivity index (χ4n) is 10.2. The number of carbonyl (C=O) groups is 3. The molecule has 0 saturated heterocycles. The molecule has 0 heterocycles. The molecule has 71 heavy (non-hydrogen) atoms. The number of hydrogen-bond acceptors (Lipinski definition) is 6. The lowest BCUT2D eigenvalue weighted by atomic mass is 10.0. The van der Waals surface area contributed by atoms with Crippen molar-refractivity contribution in [2.45, 2.75) is 386 Å². The van der Waals surface area contributed by atoms with E-state index in [2.05, 4.69) is 20.8 Å². The van der Waals surface area contributed by atoms with Gasteiger partial charge in [0.25, 0.3) is 0 Å². The van der Waals surface area contributed by atoms with Crippen LogP contribution in [0.5, 0.6) is 0 Å². The van der Waals surface area contributed by atoms with Gasteiger partial charge in [-0.05, 0) is 19.3 Å². The van der Waals surface area contributed by atoms with Crippen LogP contribution >= 0.6 is 0 Å². The van der Waals surface area contributed by atoms with Crippen molar-refractivity contribution in [1.29, 1.82) is 0 Å². The average Bonchev–Trinajstić information content (AvgIpc) is 3.37. The van der Waals surface area contributed by atoms with Gasteiger partial charge in [0.1, 0.15) is 13.2 Å².